The lowest BCUT2D eigenvalue weighted by atomic mass is 9.92. The Morgan fingerprint density at radius 1 is 1.14 bits per heavy atom. The van der Waals surface area contributed by atoms with E-state index in [2.05, 4.69) is 18.6 Å². The lowest BCUT2D eigenvalue weighted by molar-refractivity contribution is -0.133. The van der Waals surface area contributed by atoms with Gasteiger partial charge < -0.3 is 9.80 Å². The summed E-state index contributed by atoms with van der Waals surface area (Å²) in [6.45, 7) is 8.25. The number of rotatable bonds is 6. The van der Waals surface area contributed by atoms with E-state index in [0.29, 0.717) is 31.2 Å². The number of sulfonamides is 1. The number of piperidine rings is 1. The van der Waals surface area contributed by atoms with Crippen molar-refractivity contribution in [3.05, 3.63) is 23.8 Å². The van der Waals surface area contributed by atoms with Gasteiger partial charge in [0, 0.05) is 44.7 Å². The van der Waals surface area contributed by atoms with E-state index in [4.69, 9.17) is 0 Å². The maximum Gasteiger partial charge on any atom is 0.240 e. The Bertz CT molecular complexity index is 874. The van der Waals surface area contributed by atoms with Gasteiger partial charge in [0.2, 0.25) is 21.8 Å². The fourth-order valence-corrected chi connectivity index (χ4v) is 5.48. The first-order valence-corrected chi connectivity index (χ1v) is 11.9. The molecule has 7 nitrogen and oxygen atoms in total. The summed E-state index contributed by atoms with van der Waals surface area (Å²) in [5.41, 5.74) is 1.65. The maximum absolute atomic E-state index is 12.6. The van der Waals surface area contributed by atoms with E-state index < -0.39 is 10.0 Å². The van der Waals surface area contributed by atoms with Crippen molar-refractivity contribution in [2.45, 2.75) is 51.3 Å². The summed E-state index contributed by atoms with van der Waals surface area (Å²) in [6.07, 6.45) is 2.34. The van der Waals surface area contributed by atoms with E-state index >= 15 is 0 Å². The van der Waals surface area contributed by atoms with Crippen molar-refractivity contribution < 1.29 is 18.0 Å². The summed E-state index contributed by atoms with van der Waals surface area (Å²) in [4.78, 5) is 28.2. The predicted molar refractivity (Wildman–Crippen MR) is 112 cm³/mol. The summed E-state index contributed by atoms with van der Waals surface area (Å²) in [6, 6.07) is 4.86. The normalized spacial score (nSPS) is 21.9. The number of nitrogens with one attached hydrogen (secondary N) is 1. The molecule has 1 fully saturated rings. The molecule has 2 aliphatic heterocycles. The molecule has 1 aromatic carbocycles. The van der Waals surface area contributed by atoms with Crippen molar-refractivity contribution >= 4 is 27.5 Å². The number of benzene rings is 1. The van der Waals surface area contributed by atoms with E-state index in [-0.39, 0.29) is 29.7 Å². The van der Waals surface area contributed by atoms with Gasteiger partial charge in [-0.3, -0.25) is 9.59 Å². The van der Waals surface area contributed by atoms with Crippen molar-refractivity contribution in [1.82, 2.24) is 9.62 Å². The number of hydrogen-bond acceptors (Lipinski definition) is 4. The molecule has 1 N–H and O–H groups in total. The molecule has 0 aromatic heterocycles. The SMILES string of the molecule is CCC(=O)N1CCc2cc(S(=O)(=O)NCCC(=O)N3C[C@H](C)C[C@@H](C)C3)ccc21. The van der Waals surface area contributed by atoms with Gasteiger partial charge in [-0.2, -0.15) is 0 Å². The third-order valence-corrected chi connectivity index (χ3v) is 7.17. The maximum atomic E-state index is 12.6. The Kier molecular flexibility index (Phi) is 6.63. The molecule has 3 rings (SSSR count). The second-order valence-electron chi connectivity index (χ2n) is 8.33. The highest BCUT2D eigenvalue weighted by Gasteiger charge is 2.27. The van der Waals surface area contributed by atoms with E-state index in [1.165, 1.54) is 6.07 Å². The largest absolute Gasteiger partial charge is 0.342 e. The summed E-state index contributed by atoms with van der Waals surface area (Å²) in [5.74, 6) is 0.987. The van der Waals surface area contributed by atoms with Crippen molar-refractivity contribution in [2.75, 3.05) is 31.1 Å². The molecule has 1 aromatic rings. The quantitative estimate of drug-likeness (QED) is 0.763. The predicted octanol–water partition coefficient (Wildman–Crippen LogP) is 2.16. The van der Waals surface area contributed by atoms with Gasteiger partial charge in [-0.1, -0.05) is 20.8 Å². The van der Waals surface area contributed by atoms with Crippen LogP contribution in [0.2, 0.25) is 0 Å². The minimum Gasteiger partial charge on any atom is -0.342 e. The molecule has 0 unspecified atom stereocenters. The molecule has 0 saturated carbocycles. The van der Waals surface area contributed by atoms with Crippen LogP contribution in [0.3, 0.4) is 0 Å². The highest BCUT2D eigenvalue weighted by molar-refractivity contribution is 7.89. The van der Waals surface area contributed by atoms with E-state index in [0.717, 1.165) is 30.8 Å². The minimum atomic E-state index is -3.70. The van der Waals surface area contributed by atoms with Crippen LogP contribution in [-0.2, 0) is 26.0 Å². The Labute approximate surface area is 173 Å². The molecule has 2 atom stereocenters. The van der Waals surface area contributed by atoms with Crippen molar-refractivity contribution in [2.24, 2.45) is 11.8 Å². The third kappa shape index (κ3) is 4.98. The van der Waals surface area contributed by atoms with Crippen LogP contribution < -0.4 is 9.62 Å². The first-order chi connectivity index (χ1) is 13.7. The van der Waals surface area contributed by atoms with Gasteiger partial charge in [-0.25, -0.2) is 13.1 Å². The number of fused-ring (bicyclic) bond motifs is 1. The molecule has 2 aliphatic rings. The molecule has 2 heterocycles. The fraction of sp³-hybridized carbons (Fsp3) is 0.619. The Morgan fingerprint density at radius 2 is 1.83 bits per heavy atom. The number of hydrogen-bond donors (Lipinski definition) is 1. The monoisotopic (exact) mass is 421 g/mol. The van der Waals surface area contributed by atoms with Gasteiger partial charge in [0.25, 0.3) is 0 Å². The average Bonchev–Trinajstić information content (AvgIpc) is 3.09. The number of nitrogens with zero attached hydrogens (tertiary/aromatic N) is 2. The van der Waals surface area contributed by atoms with Crippen LogP contribution in [-0.4, -0.2) is 51.3 Å². The summed E-state index contributed by atoms with van der Waals surface area (Å²) < 4.78 is 27.8. The molecule has 8 heteroatoms. The number of carbonyl (C=O) groups is 2. The lowest BCUT2D eigenvalue weighted by Crippen LogP contribution is -2.43. The molecule has 0 spiro atoms. The number of likely N-dealkylation sites (tertiary alicyclic amines) is 1. The standard InChI is InChI=1S/C21H31N3O4S/c1-4-20(25)24-10-8-17-12-18(5-6-19(17)24)29(27,28)22-9-7-21(26)23-13-15(2)11-16(3)14-23/h5-6,12,15-16,22H,4,7-11,13-14H2,1-3H3/t15-,16-/m1/s1. The zero-order chi connectivity index (χ0) is 21.2. The summed E-state index contributed by atoms with van der Waals surface area (Å²) in [7, 11) is -3.70. The van der Waals surface area contributed by atoms with Crippen LogP contribution in [0.25, 0.3) is 0 Å². The van der Waals surface area contributed by atoms with E-state index in [9.17, 15) is 18.0 Å². The topological polar surface area (TPSA) is 86.8 Å². The highest BCUT2D eigenvalue weighted by atomic mass is 32.2. The molecular weight excluding hydrogens is 390 g/mol. The molecule has 0 bridgehead atoms. The van der Waals surface area contributed by atoms with Crippen molar-refractivity contribution in [3.8, 4) is 0 Å². The smallest absolute Gasteiger partial charge is 0.240 e. The molecule has 0 aliphatic carbocycles. The molecule has 2 amide bonds. The van der Waals surface area contributed by atoms with Gasteiger partial charge in [-0.15, -0.1) is 0 Å². The summed E-state index contributed by atoms with van der Waals surface area (Å²) in [5, 5.41) is 0. The second kappa shape index (κ2) is 8.83. The van der Waals surface area contributed by atoms with Crippen molar-refractivity contribution in [1.29, 1.82) is 0 Å². The Morgan fingerprint density at radius 3 is 2.48 bits per heavy atom. The number of carbonyl (C=O) groups excluding carboxylic acids is 2. The third-order valence-electron chi connectivity index (χ3n) is 5.71. The van der Waals surface area contributed by atoms with E-state index in [1.54, 1.807) is 17.0 Å². The van der Waals surface area contributed by atoms with Crippen LogP contribution >= 0.6 is 0 Å². The van der Waals surface area contributed by atoms with Crippen LogP contribution in [0.1, 0.15) is 45.6 Å². The molecule has 1 saturated heterocycles. The zero-order valence-electron chi connectivity index (χ0n) is 17.5. The first-order valence-electron chi connectivity index (χ1n) is 10.4. The Balaban J connectivity index is 1.59. The highest BCUT2D eigenvalue weighted by Crippen LogP contribution is 2.30. The van der Waals surface area contributed by atoms with Gasteiger partial charge >= 0.3 is 0 Å². The second-order valence-corrected chi connectivity index (χ2v) is 10.1. The van der Waals surface area contributed by atoms with E-state index in [1.807, 2.05) is 11.8 Å². The minimum absolute atomic E-state index is 0.00577. The fourth-order valence-electron chi connectivity index (χ4n) is 4.40. The van der Waals surface area contributed by atoms with Gasteiger partial charge in [0.1, 0.15) is 0 Å². The zero-order valence-corrected chi connectivity index (χ0v) is 18.3. The lowest BCUT2D eigenvalue weighted by Gasteiger charge is -2.35. The van der Waals surface area contributed by atoms with Crippen LogP contribution in [0, 0.1) is 11.8 Å². The number of amides is 2. The first kappa shape index (κ1) is 21.8. The van der Waals surface area contributed by atoms with Gasteiger partial charge in [0.15, 0.2) is 0 Å². The van der Waals surface area contributed by atoms with Crippen molar-refractivity contribution in [3.63, 3.8) is 0 Å². The summed E-state index contributed by atoms with van der Waals surface area (Å²) >= 11 is 0. The molecule has 0 radical (unpaired) electrons. The molecular formula is C21H31N3O4S. The van der Waals surface area contributed by atoms with Gasteiger partial charge in [0.05, 0.1) is 4.90 Å². The van der Waals surface area contributed by atoms with Gasteiger partial charge in [-0.05, 0) is 48.4 Å². The van der Waals surface area contributed by atoms with Crippen LogP contribution in [0.5, 0.6) is 0 Å². The van der Waals surface area contributed by atoms with Crippen LogP contribution in [0.15, 0.2) is 23.1 Å². The Hall–Kier alpha value is -1.93. The number of anilines is 1. The van der Waals surface area contributed by atoms with Crippen LogP contribution in [0.4, 0.5) is 5.69 Å². The molecule has 160 valence electrons. The molecule has 29 heavy (non-hydrogen) atoms. The average molecular weight is 422 g/mol.